The molecule has 0 unspecified atom stereocenters. The van der Waals surface area contributed by atoms with Gasteiger partial charge in [-0.1, -0.05) is 51.9 Å². The first-order chi connectivity index (χ1) is 10.1. The lowest BCUT2D eigenvalue weighted by molar-refractivity contribution is 0.558. The summed E-state index contributed by atoms with van der Waals surface area (Å²) in [7, 11) is -3.52. The van der Waals surface area contributed by atoms with Crippen molar-refractivity contribution in [1.29, 1.82) is 0 Å². The molecule has 1 aromatic rings. The minimum Gasteiger partial charge on any atom is -0.225 e. The van der Waals surface area contributed by atoms with Gasteiger partial charge in [-0.2, -0.15) is 0 Å². The van der Waals surface area contributed by atoms with E-state index in [9.17, 15) is 8.42 Å². The molecule has 0 aliphatic carbocycles. The van der Waals surface area contributed by atoms with Crippen LogP contribution in [0.5, 0.6) is 0 Å². The molecule has 0 saturated carbocycles. The first-order valence-corrected chi connectivity index (χ1v) is 9.39. The molecule has 7 heteroatoms. The highest BCUT2D eigenvalue weighted by atomic mass is 35.5. The number of rotatable bonds is 11. The maximum Gasteiger partial charge on any atom is 0.243 e. The third-order valence-electron chi connectivity index (χ3n) is 3.23. The van der Waals surface area contributed by atoms with Crippen molar-refractivity contribution in [2.75, 3.05) is 6.54 Å². The molecule has 0 aliphatic heterocycles. The van der Waals surface area contributed by atoms with Crippen molar-refractivity contribution < 1.29 is 8.42 Å². The second-order valence-electron chi connectivity index (χ2n) is 5.06. The van der Waals surface area contributed by atoms with E-state index in [1.807, 2.05) is 0 Å². The van der Waals surface area contributed by atoms with E-state index in [4.69, 9.17) is 11.6 Å². The molecule has 120 valence electrons. The van der Waals surface area contributed by atoms with Gasteiger partial charge in [0, 0.05) is 6.54 Å². The minimum atomic E-state index is -3.52. The van der Waals surface area contributed by atoms with Crippen LogP contribution in [0.2, 0.25) is 5.28 Å². The molecule has 1 aromatic heterocycles. The summed E-state index contributed by atoms with van der Waals surface area (Å²) in [5.41, 5.74) is 0. The minimum absolute atomic E-state index is 0.0389. The smallest absolute Gasteiger partial charge is 0.225 e. The first kappa shape index (κ1) is 18.3. The van der Waals surface area contributed by atoms with Gasteiger partial charge in [0.15, 0.2) is 0 Å². The largest absolute Gasteiger partial charge is 0.243 e. The first-order valence-electron chi connectivity index (χ1n) is 7.53. The molecule has 21 heavy (non-hydrogen) atoms. The SMILES string of the molecule is CCCCCCCCCCNS(=O)(=O)c1cnc(Cl)nc1. The van der Waals surface area contributed by atoms with Gasteiger partial charge in [-0.3, -0.25) is 0 Å². The van der Waals surface area contributed by atoms with Crippen molar-refractivity contribution in [3.8, 4) is 0 Å². The Hall–Kier alpha value is -0.720. The van der Waals surface area contributed by atoms with Gasteiger partial charge in [0.25, 0.3) is 0 Å². The third kappa shape index (κ3) is 7.74. The van der Waals surface area contributed by atoms with Crippen LogP contribution in [0.15, 0.2) is 17.3 Å². The predicted molar refractivity (Wildman–Crippen MR) is 84.8 cm³/mol. The Morgan fingerprint density at radius 1 is 1.00 bits per heavy atom. The fourth-order valence-electron chi connectivity index (χ4n) is 1.99. The Morgan fingerprint density at radius 3 is 2.10 bits per heavy atom. The van der Waals surface area contributed by atoms with Gasteiger partial charge in [0.1, 0.15) is 4.90 Å². The Labute approximate surface area is 132 Å². The van der Waals surface area contributed by atoms with Crippen molar-refractivity contribution in [2.45, 2.75) is 63.2 Å². The Morgan fingerprint density at radius 2 is 1.52 bits per heavy atom. The summed E-state index contributed by atoms with van der Waals surface area (Å²) in [4.78, 5) is 7.40. The fourth-order valence-corrected chi connectivity index (χ4v) is 3.05. The number of sulfonamides is 1. The number of halogens is 1. The van der Waals surface area contributed by atoms with Crippen LogP contribution < -0.4 is 4.72 Å². The number of aromatic nitrogens is 2. The average molecular weight is 334 g/mol. The van der Waals surface area contributed by atoms with E-state index in [2.05, 4.69) is 21.6 Å². The van der Waals surface area contributed by atoms with Crippen LogP contribution in [0.3, 0.4) is 0 Å². The van der Waals surface area contributed by atoms with E-state index in [1.165, 1.54) is 44.5 Å². The molecular weight excluding hydrogens is 310 g/mol. The number of nitrogens with zero attached hydrogens (tertiary/aromatic N) is 2. The number of hydrogen-bond donors (Lipinski definition) is 1. The quantitative estimate of drug-likeness (QED) is 0.496. The Kier molecular flexibility index (Phi) is 8.80. The van der Waals surface area contributed by atoms with E-state index in [1.54, 1.807) is 0 Å². The van der Waals surface area contributed by atoms with Crippen molar-refractivity contribution >= 4 is 21.6 Å². The molecule has 0 amide bonds. The van der Waals surface area contributed by atoms with Crippen LogP contribution in [-0.2, 0) is 10.0 Å². The van der Waals surface area contributed by atoms with Gasteiger partial charge in [-0.25, -0.2) is 23.1 Å². The second kappa shape index (κ2) is 10.1. The molecule has 0 spiro atoms. The van der Waals surface area contributed by atoms with E-state index in [0.29, 0.717) is 6.54 Å². The summed E-state index contributed by atoms with van der Waals surface area (Å²) in [6, 6.07) is 0. The number of nitrogens with one attached hydrogen (secondary N) is 1. The molecule has 1 heterocycles. The third-order valence-corrected chi connectivity index (χ3v) is 4.84. The Bertz CT molecular complexity index is 491. The van der Waals surface area contributed by atoms with Gasteiger partial charge in [0.2, 0.25) is 15.3 Å². The van der Waals surface area contributed by atoms with E-state index in [0.717, 1.165) is 19.3 Å². The Balaban J connectivity index is 2.15. The summed E-state index contributed by atoms with van der Waals surface area (Å²) >= 11 is 5.53. The highest BCUT2D eigenvalue weighted by Crippen LogP contribution is 2.09. The van der Waals surface area contributed by atoms with E-state index in [-0.39, 0.29) is 10.2 Å². The molecule has 0 aromatic carbocycles. The van der Waals surface area contributed by atoms with Crippen molar-refractivity contribution in [3.63, 3.8) is 0 Å². The molecule has 0 atom stereocenters. The van der Waals surface area contributed by atoms with Crippen molar-refractivity contribution in [2.24, 2.45) is 0 Å². The maximum atomic E-state index is 11.9. The summed E-state index contributed by atoms with van der Waals surface area (Å²) in [6.07, 6.45) is 11.9. The second-order valence-corrected chi connectivity index (χ2v) is 7.17. The predicted octanol–water partition coefficient (Wildman–Crippen LogP) is 3.55. The van der Waals surface area contributed by atoms with E-state index >= 15 is 0 Å². The van der Waals surface area contributed by atoms with Crippen molar-refractivity contribution in [1.82, 2.24) is 14.7 Å². The normalized spacial score (nSPS) is 11.7. The summed E-state index contributed by atoms with van der Waals surface area (Å²) in [5, 5.41) is 0.0389. The van der Waals surface area contributed by atoms with Gasteiger partial charge in [-0.15, -0.1) is 0 Å². The van der Waals surface area contributed by atoms with Crippen LogP contribution in [0.4, 0.5) is 0 Å². The fraction of sp³-hybridized carbons (Fsp3) is 0.714. The zero-order valence-electron chi connectivity index (χ0n) is 12.5. The molecule has 0 saturated heterocycles. The zero-order valence-corrected chi connectivity index (χ0v) is 14.1. The monoisotopic (exact) mass is 333 g/mol. The molecular formula is C14H24ClN3O2S. The standard InChI is InChI=1S/C14H24ClN3O2S/c1-2-3-4-5-6-7-8-9-10-18-21(19,20)13-11-16-14(15)17-12-13/h11-12,18H,2-10H2,1H3. The maximum absolute atomic E-state index is 11.9. The van der Waals surface area contributed by atoms with E-state index < -0.39 is 10.0 Å². The van der Waals surface area contributed by atoms with Crippen LogP contribution >= 0.6 is 11.6 Å². The number of unbranched alkanes of at least 4 members (excludes halogenated alkanes) is 7. The average Bonchev–Trinajstić information content (AvgIpc) is 2.46. The topological polar surface area (TPSA) is 72.0 Å². The van der Waals surface area contributed by atoms with Gasteiger partial charge >= 0.3 is 0 Å². The number of hydrogen-bond acceptors (Lipinski definition) is 4. The van der Waals surface area contributed by atoms with Crippen molar-refractivity contribution in [3.05, 3.63) is 17.7 Å². The highest BCUT2D eigenvalue weighted by Gasteiger charge is 2.13. The zero-order chi connectivity index (χ0) is 15.6. The molecule has 0 radical (unpaired) electrons. The lowest BCUT2D eigenvalue weighted by atomic mass is 10.1. The van der Waals surface area contributed by atoms with Crippen LogP contribution in [0.25, 0.3) is 0 Å². The molecule has 0 fully saturated rings. The molecule has 1 N–H and O–H groups in total. The lowest BCUT2D eigenvalue weighted by Gasteiger charge is -2.06. The molecule has 0 bridgehead atoms. The molecule has 5 nitrogen and oxygen atoms in total. The summed E-state index contributed by atoms with van der Waals surface area (Å²) in [6.45, 7) is 2.65. The van der Waals surface area contributed by atoms with Gasteiger partial charge in [0.05, 0.1) is 12.4 Å². The highest BCUT2D eigenvalue weighted by molar-refractivity contribution is 7.89. The molecule has 0 aliphatic rings. The summed E-state index contributed by atoms with van der Waals surface area (Å²) < 4.78 is 26.4. The van der Waals surface area contributed by atoms with Crippen LogP contribution in [-0.4, -0.2) is 24.9 Å². The van der Waals surface area contributed by atoms with Crippen LogP contribution in [0, 0.1) is 0 Å². The van der Waals surface area contributed by atoms with Gasteiger partial charge < -0.3 is 0 Å². The van der Waals surface area contributed by atoms with Crippen LogP contribution in [0.1, 0.15) is 58.3 Å². The lowest BCUT2D eigenvalue weighted by Crippen LogP contribution is -2.25. The van der Waals surface area contributed by atoms with Gasteiger partial charge in [-0.05, 0) is 18.0 Å². The molecule has 1 rings (SSSR count). The summed E-state index contributed by atoms with van der Waals surface area (Å²) in [5.74, 6) is 0.